The molecule has 0 amide bonds. The van der Waals surface area contributed by atoms with E-state index in [4.69, 9.17) is 0 Å². The molecule has 0 aromatic carbocycles. The van der Waals surface area contributed by atoms with Crippen LogP contribution in [0.1, 0.15) is 51.2 Å². The van der Waals surface area contributed by atoms with Gasteiger partial charge in [-0.3, -0.25) is 4.99 Å². The molecule has 0 saturated carbocycles. The number of guanidine groups is 1. The van der Waals surface area contributed by atoms with Crippen molar-refractivity contribution >= 4 is 17.3 Å². The number of hydrogen-bond acceptors (Lipinski definition) is 3. The molecule has 4 nitrogen and oxygen atoms in total. The zero-order chi connectivity index (χ0) is 14.3. The van der Waals surface area contributed by atoms with Gasteiger partial charge in [0.15, 0.2) is 5.96 Å². The van der Waals surface area contributed by atoms with Crippen LogP contribution in [0.2, 0.25) is 0 Å². The van der Waals surface area contributed by atoms with Crippen LogP contribution in [-0.4, -0.2) is 24.5 Å². The summed E-state index contributed by atoms with van der Waals surface area (Å²) in [4.78, 5) is 8.86. The second-order valence-electron chi connectivity index (χ2n) is 5.60. The van der Waals surface area contributed by atoms with E-state index in [-0.39, 0.29) is 5.41 Å². The molecule has 2 N–H and O–H groups in total. The summed E-state index contributed by atoms with van der Waals surface area (Å²) in [5.74, 6) is 0.846. The molecule has 0 aliphatic rings. The summed E-state index contributed by atoms with van der Waals surface area (Å²) in [7, 11) is 1.79. The molecule has 1 aromatic rings. The van der Waals surface area contributed by atoms with Crippen molar-refractivity contribution in [3.8, 4) is 0 Å². The molecule has 0 atom stereocenters. The Kier molecular flexibility index (Phi) is 6.28. The Morgan fingerprint density at radius 3 is 2.63 bits per heavy atom. The molecule has 0 aliphatic heterocycles. The first-order valence-corrected chi connectivity index (χ1v) is 7.74. The molecule has 0 spiro atoms. The largest absolute Gasteiger partial charge is 0.356 e. The first kappa shape index (κ1) is 16.0. The molecule has 1 rings (SSSR count). The lowest BCUT2D eigenvalue weighted by Gasteiger charge is -2.14. The van der Waals surface area contributed by atoms with E-state index in [1.165, 1.54) is 11.4 Å². The van der Waals surface area contributed by atoms with E-state index in [9.17, 15) is 0 Å². The second-order valence-corrected chi connectivity index (χ2v) is 6.46. The fraction of sp³-hybridized carbons (Fsp3) is 0.714. The number of rotatable bonds is 5. The maximum Gasteiger partial charge on any atom is 0.191 e. The Morgan fingerprint density at radius 1 is 1.37 bits per heavy atom. The van der Waals surface area contributed by atoms with Crippen LogP contribution in [0.3, 0.4) is 0 Å². The normalized spacial score (nSPS) is 12.6. The first-order valence-electron chi connectivity index (χ1n) is 6.86. The van der Waals surface area contributed by atoms with Gasteiger partial charge in [0.25, 0.3) is 0 Å². The number of aliphatic imine (C=N–C) groups is 1. The van der Waals surface area contributed by atoms with Gasteiger partial charge in [-0.25, -0.2) is 4.98 Å². The van der Waals surface area contributed by atoms with Crippen molar-refractivity contribution < 1.29 is 0 Å². The molecule has 108 valence electrons. The number of nitrogens with zero attached hydrogens (tertiary/aromatic N) is 2. The van der Waals surface area contributed by atoms with Crippen LogP contribution in [0.15, 0.2) is 10.4 Å². The molecular formula is C14H26N4S. The maximum absolute atomic E-state index is 4.66. The smallest absolute Gasteiger partial charge is 0.191 e. The third kappa shape index (κ3) is 5.59. The van der Waals surface area contributed by atoms with Gasteiger partial charge in [-0.15, -0.1) is 11.3 Å². The number of aromatic nitrogens is 1. The van der Waals surface area contributed by atoms with Crippen molar-refractivity contribution in [2.75, 3.05) is 13.6 Å². The van der Waals surface area contributed by atoms with E-state index in [2.05, 4.69) is 53.7 Å². The standard InChI is InChI=1S/C14H26N4S/c1-6-7-8-16-13(15-5)17-9-11-10-19-12(18-11)14(2,3)4/h10H,6-9H2,1-5H3,(H2,15,16,17). The van der Waals surface area contributed by atoms with Crippen molar-refractivity contribution in [3.05, 3.63) is 16.1 Å². The molecule has 0 saturated heterocycles. The monoisotopic (exact) mass is 282 g/mol. The van der Waals surface area contributed by atoms with E-state index >= 15 is 0 Å². The third-order valence-corrected chi connectivity index (χ3v) is 3.99. The summed E-state index contributed by atoms with van der Waals surface area (Å²) in [5.41, 5.74) is 1.21. The van der Waals surface area contributed by atoms with Crippen LogP contribution in [0.4, 0.5) is 0 Å². The Balaban J connectivity index is 2.45. The van der Waals surface area contributed by atoms with Crippen molar-refractivity contribution in [1.29, 1.82) is 0 Å². The Morgan fingerprint density at radius 2 is 2.11 bits per heavy atom. The zero-order valence-electron chi connectivity index (χ0n) is 12.7. The van der Waals surface area contributed by atoms with Crippen LogP contribution in [0, 0.1) is 0 Å². The van der Waals surface area contributed by atoms with Crippen LogP contribution in [-0.2, 0) is 12.0 Å². The minimum atomic E-state index is 0.129. The predicted molar refractivity (Wildman–Crippen MR) is 83.9 cm³/mol. The average molecular weight is 282 g/mol. The highest BCUT2D eigenvalue weighted by atomic mass is 32.1. The van der Waals surface area contributed by atoms with Crippen molar-refractivity contribution in [2.45, 2.75) is 52.5 Å². The van der Waals surface area contributed by atoms with E-state index in [1.807, 2.05) is 0 Å². The number of thiazole rings is 1. The van der Waals surface area contributed by atoms with Crippen molar-refractivity contribution in [1.82, 2.24) is 15.6 Å². The van der Waals surface area contributed by atoms with Gasteiger partial charge in [-0.05, 0) is 6.42 Å². The average Bonchev–Trinajstić information content (AvgIpc) is 2.82. The summed E-state index contributed by atoms with van der Waals surface area (Å²) in [6, 6.07) is 0. The van der Waals surface area contributed by atoms with E-state index in [0.29, 0.717) is 0 Å². The zero-order valence-corrected chi connectivity index (χ0v) is 13.5. The highest BCUT2D eigenvalue weighted by Gasteiger charge is 2.17. The topological polar surface area (TPSA) is 49.3 Å². The molecule has 19 heavy (non-hydrogen) atoms. The van der Waals surface area contributed by atoms with Gasteiger partial charge in [0.1, 0.15) is 0 Å². The van der Waals surface area contributed by atoms with E-state index in [0.717, 1.165) is 31.2 Å². The fourth-order valence-corrected chi connectivity index (χ4v) is 2.42. The molecule has 0 bridgehead atoms. The van der Waals surface area contributed by atoms with Gasteiger partial charge in [0, 0.05) is 24.4 Å². The number of hydrogen-bond donors (Lipinski definition) is 2. The van der Waals surface area contributed by atoms with Crippen LogP contribution < -0.4 is 10.6 Å². The van der Waals surface area contributed by atoms with Crippen molar-refractivity contribution in [3.63, 3.8) is 0 Å². The Hall–Kier alpha value is -1.10. The lowest BCUT2D eigenvalue weighted by molar-refractivity contribution is 0.582. The number of unbranched alkanes of at least 4 members (excludes halogenated alkanes) is 1. The lowest BCUT2D eigenvalue weighted by Crippen LogP contribution is -2.37. The molecule has 0 radical (unpaired) electrons. The summed E-state index contributed by atoms with van der Waals surface area (Å²) in [6.45, 7) is 10.4. The first-order chi connectivity index (χ1) is 8.97. The summed E-state index contributed by atoms with van der Waals surface area (Å²) in [6.07, 6.45) is 2.34. The fourth-order valence-electron chi connectivity index (χ4n) is 1.51. The number of nitrogens with one attached hydrogen (secondary N) is 2. The quantitative estimate of drug-likeness (QED) is 0.496. The minimum absolute atomic E-state index is 0.129. The molecule has 0 fully saturated rings. The second kappa shape index (κ2) is 7.48. The highest BCUT2D eigenvalue weighted by Crippen LogP contribution is 2.25. The van der Waals surface area contributed by atoms with Crippen molar-refractivity contribution in [2.24, 2.45) is 4.99 Å². The minimum Gasteiger partial charge on any atom is -0.356 e. The summed E-state index contributed by atoms with van der Waals surface area (Å²) >= 11 is 1.73. The molecule has 0 unspecified atom stereocenters. The summed E-state index contributed by atoms with van der Waals surface area (Å²) in [5, 5.41) is 9.88. The van der Waals surface area contributed by atoms with Gasteiger partial charge in [-0.1, -0.05) is 34.1 Å². The van der Waals surface area contributed by atoms with Crippen LogP contribution in [0.5, 0.6) is 0 Å². The van der Waals surface area contributed by atoms with E-state index in [1.54, 1.807) is 18.4 Å². The van der Waals surface area contributed by atoms with Gasteiger partial charge < -0.3 is 10.6 Å². The molecular weight excluding hydrogens is 256 g/mol. The molecule has 1 heterocycles. The van der Waals surface area contributed by atoms with Crippen LogP contribution >= 0.6 is 11.3 Å². The molecule has 5 heteroatoms. The highest BCUT2D eigenvalue weighted by molar-refractivity contribution is 7.09. The molecule has 0 aliphatic carbocycles. The third-order valence-electron chi connectivity index (χ3n) is 2.68. The lowest BCUT2D eigenvalue weighted by atomic mass is 9.98. The van der Waals surface area contributed by atoms with Gasteiger partial charge in [0.05, 0.1) is 17.2 Å². The predicted octanol–water partition coefficient (Wildman–Crippen LogP) is 2.91. The van der Waals surface area contributed by atoms with Crippen LogP contribution in [0.25, 0.3) is 0 Å². The SMILES string of the molecule is CCCCNC(=NC)NCc1csc(C(C)(C)C)n1. The van der Waals surface area contributed by atoms with Gasteiger partial charge in [-0.2, -0.15) is 0 Å². The Bertz CT molecular complexity index is 404. The maximum atomic E-state index is 4.66. The van der Waals surface area contributed by atoms with E-state index < -0.39 is 0 Å². The summed E-state index contributed by atoms with van der Waals surface area (Å²) < 4.78 is 0. The van der Waals surface area contributed by atoms with Gasteiger partial charge in [0.2, 0.25) is 0 Å². The van der Waals surface area contributed by atoms with Gasteiger partial charge >= 0.3 is 0 Å². The molecule has 1 aromatic heterocycles. The Labute approximate surface area is 120 Å².